The first-order valence-electron chi connectivity index (χ1n) is 31.9. The normalized spacial score (nSPS) is 18.0. The van der Waals surface area contributed by atoms with E-state index in [4.69, 9.17) is 10.2 Å². The Kier molecular flexibility index (Phi) is 27.1. The third-order valence-electron chi connectivity index (χ3n) is 17.1. The first kappa shape index (κ1) is 71.9. The van der Waals surface area contributed by atoms with Crippen LogP contribution in [-0.4, -0.2) is 136 Å². The van der Waals surface area contributed by atoms with Crippen molar-refractivity contribution in [1.29, 1.82) is 0 Å². The maximum atomic E-state index is 12.4. The van der Waals surface area contributed by atoms with Crippen molar-refractivity contribution < 1.29 is 29.7 Å². The lowest BCUT2D eigenvalue weighted by Crippen LogP contribution is -2.51. The second kappa shape index (κ2) is 33.1. The summed E-state index contributed by atoms with van der Waals surface area (Å²) in [4.78, 5) is 68.3. The summed E-state index contributed by atoms with van der Waals surface area (Å²) >= 11 is 0. The molecule has 3 saturated heterocycles. The van der Waals surface area contributed by atoms with Crippen LogP contribution in [0.2, 0.25) is 0 Å². The summed E-state index contributed by atoms with van der Waals surface area (Å²) in [6.45, 7) is 44.5. The van der Waals surface area contributed by atoms with Crippen molar-refractivity contribution >= 4 is 17.7 Å². The van der Waals surface area contributed by atoms with Crippen LogP contribution < -0.4 is 0 Å². The van der Waals surface area contributed by atoms with Gasteiger partial charge in [-0.25, -0.2) is 0 Å². The quantitative estimate of drug-likeness (QED) is 0.105. The zero-order valence-electron chi connectivity index (χ0n) is 56.5. The van der Waals surface area contributed by atoms with E-state index in [1.165, 1.54) is 28.1 Å². The van der Waals surface area contributed by atoms with Gasteiger partial charge in [0.25, 0.3) is 17.7 Å². The Labute approximate surface area is 527 Å². The fraction of sp³-hybridized carbons (Fsp3) is 0.548. The molecule has 3 aliphatic heterocycles. The van der Waals surface area contributed by atoms with Crippen LogP contribution in [0.3, 0.4) is 0 Å². The molecule has 15 nitrogen and oxygen atoms in total. The van der Waals surface area contributed by atoms with Gasteiger partial charge in [0, 0.05) is 151 Å². The maximum absolute atomic E-state index is 12.4. The van der Waals surface area contributed by atoms with E-state index in [0.29, 0.717) is 72.8 Å². The number of carbonyl (C=O) groups is 3. The number of aromatic nitrogens is 6. The van der Waals surface area contributed by atoms with Gasteiger partial charge in [0.1, 0.15) is 0 Å². The molecule has 1 aliphatic carbocycles. The molecule has 3 N–H and O–H groups in total. The Hall–Kier alpha value is -6.81. The smallest absolute Gasteiger partial charge is 0.254 e. The molecule has 0 radical (unpaired) electrons. The minimum absolute atomic E-state index is 0.0195. The average molecular weight is 1200 g/mol. The highest BCUT2D eigenvalue weighted by Crippen LogP contribution is 2.51. The molecule has 15 heteroatoms. The molecule has 3 amide bonds. The van der Waals surface area contributed by atoms with E-state index >= 15 is 0 Å². The van der Waals surface area contributed by atoms with Crippen molar-refractivity contribution in [1.82, 2.24) is 44.6 Å². The van der Waals surface area contributed by atoms with Crippen LogP contribution in [0.25, 0.3) is 0 Å². The highest BCUT2D eigenvalue weighted by molar-refractivity contribution is 5.95. The lowest BCUT2D eigenvalue weighted by atomic mass is 9.90. The molecule has 88 heavy (non-hydrogen) atoms. The highest BCUT2D eigenvalue weighted by Gasteiger charge is 2.53. The molecule has 4 fully saturated rings. The molecule has 9 heterocycles. The molecule has 0 spiro atoms. The van der Waals surface area contributed by atoms with Gasteiger partial charge >= 0.3 is 0 Å². The van der Waals surface area contributed by atoms with Gasteiger partial charge in [-0.1, -0.05) is 110 Å². The summed E-state index contributed by atoms with van der Waals surface area (Å²) in [6, 6.07) is 21.3. The average Bonchev–Trinajstić information content (AvgIpc) is 2.42. The van der Waals surface area contributed by atoms with Crippen LogP contribution >= 0.6 is 0 Å². The molecule has 0 bridgehead atoms. The summed E-state index contributed by atoms with van der Waals surface area (Å²) in [6.07, 6.45) is 9.14. The molecule has 0 aromatic carbocycles. The van der Waals surface area contributed by atoms with Crippen LogP contribution in [0.4, 0.5) is 0 Å². The van der Waals surface area contributed by atoms with E-state index in [9.17, 15) is 19.5 Å². The lowest BCUT2D eigenvalue weighted by Gasteiger charge is -2.38. The van der Waals surface area contributed by atoms with Gasteiger partial charge in [-0.15, -0.1) is 0 Å². The number of aliphatic hydroxyl groups is 3. The van der Waals surface area contributed by atoms with E-state index in [1.54, 1.807) is 46.7 Å². The molecule has 1 saturated carbocycles. The summed E-state index contributed by atoms with van der Waals surface area (Å²) in [7, 11) is 0. The van der Waals surface area contributed by atoms with Crippen molar-refractivity contribution in [3.05, 3.63) is 177 Å². The number of hydrogen-bond acceptors (Lipinski definition) is 12. The van der Waals surface area contributed by atoms with E-state index in [1.807, 2.05) is 62.2 Å². The number of piperidine rings is 1. The van der Waals surface area contributed by atoms with Crippen molar-refractivity contribution in [2.75, 3.05) is 52.5 Å². The van der Waals surface area contributed by atoms with Crippen LogP contribution in [0, 0.1) is 56.8 Å². The van der Waals surface area contributed by atoms with Crippen LogP contribution in [0.1, 0.15) is 233 Å². The molecule has 478 valence electrons. The van der Waals surface area contributed by atoms with Crippen molar-refractivity contribution in [2.45, 2.75) is 180 Å². The second-order valence-corrected chi connectivity index (χ2v) is 27.1. The third-order valence-corrected chi connectivity index (χ3v) is 17.1. The predicted molar refractivity (Wildman–Crippen MR) is 354 cm³/mol. The van der Waals surface area contributed by atoms with E-state index in [-0.39, 0.29) is 42.3 Å². The SMILES string of the molecule is CC(C)c1cc(C(=O)N2CC(CO)C2)ccn1.CC(C)c1cc(C(=O)N2CC(O)C(C)(C)C2)ccn1.CC(C)c1cc(C(=O)N2CC3C(C)C3C2)ccn1.CC(C)c1cc(CCO)ccn1.Cc1ccc(C)c(C(C)C)n1.Cc1cnc(C(C)C)cc1C. The lowest BCUT2D eigenvalue weighted by molar-refractivity contribution is 0.0361. The number of β-amino-alcohol motifs (C(OH)–C–C–N with tert-alkyl or cyclic N) is 1. The van der Waals surface area contributed by atoms with Crippen molar-refractivity contribution in [2.24, 2.45) is 29.1 Å². The summed E-state index contributed by atoms with van der Waals surface area (Å²) < 4.78 is 0. The Bertz CT molecular complexity index is 3190. The Morgan fingerprint density at radius 1 is 0.511 bits per heavy atom. The molecular weight excluding hydrogens is 1100 g/mol. The Morgan fingerprint density at radius 2 is 0.932 bits per heavy atom. The minimum Gasteiger partial charge on any atom is -0.396 e. The first-order valence-corrected chi connectivity index (χ1v) is 31.9. The summed E-state index contributed by atoms with van der Waals surface area (Å²) in [5, 5.41) is 27.6. The van der Waals surface area contributed by atoms with E-state index < -0.39 is 6.10 Å². The maximum Gasteiger partial charge on any atom is 0.254 e. The van der Waals surface area contributed by atoms with Gasteiger partial charge in [-0.05, 0) is 170 Å². The van der Waals surface area contributed by atoms with Gasteiger partial charge in [0.05, 0.1) is 6.10 Å². The zero-order chi connectivity index (χ0) is 65.3. The summed E-state index contributed by atoms with van der Waals surface area (Å²) in [5.74, 6) is 5.34. The summed E-state index contributed by atoms with van der Waals surface area (Å²) in [5.41, 5.74) is 14.5. The van der Waals surface area contributed by atoms with Gasteiger partial charge < -0.3 is 30.0 Å². The second-order valence-electron chi connectivity index (χ2n) is 27.1. The largest absolute Gasteiger partial charge is 0.396 e. The minimum atomic E-state index is -0.456. The van der Waals surface area contributed by atoms with Gasteiger partial charge in [0.2, 0.25) is 0 Å². The topological polar surface area (TPSA) is 199 Å². The fourth-order valence-electron chi connectivity index (χ4n) is 10.6. The number of pyridine rings is 6. The number of aliphatic hydroxyl groups excluding tert-OH is 3. The first-order chi connectivity index (χ1) is 41.5. The molecule has 3 unspecified atom stereocenters. The highest BCUT2D eigenvalue weighted by atomic mass is 16.3. The number of likely N-dealkylation sites (tertiary alicyclic amines) is 3. The van der Waals surface area contributed by atoms with Gasteiger partial charge in [0.15, 0.2) is 0 Å². The van der Waals surface area contributed by atoms with E-state index in [2.05, 4.69) is 165 Å². The number of rotatable bonds is 12. The molecule has 4 aliphatic rings. The third kappa shape index (κ3) is 20.6. The standard InChI is InChI=1S/C15H22N2O2.C15H20N2O.C13H18N2O2.C10H15NO.2C10H15N/c1-10(2)12-7-11(5-6-16-12)14(19)17-8-13(18)15(3,4)9-17;1-9(2)14-6-11(4-5-16-14)15(18)17-7-12-10(3)13(12)8-17;1-9(2)12-5-11(3-4-14-12)13(17)15-6-10(7-15)8-16;1-8(2)10-7-9(4-6-12)3-5-11-10;1-7(2)10-5-8(3)9(4)6-11-10;1-7(2)10-8(3)5-6-9(4)11-10/h5-7,10,13,18H,8-9H2,1-4H3;4-6,9-10,12-13H,7-8H2,1-3H3;3-5,9-10,16H,6-8H2,1-2H3;3,5,7-8,12H,4,6H2,1-2H3;2*5-7H,1-4H3. The Morgan fingerprint density at radius 3 is 1.32 bits per heavy atom. The van der Waals surface area contributed by atoms with Crippen LogP contribution in [0.15, 0.2) is 97.7 Å². The van der Waals surface area contributed by atoms with Gasteiger partial charge in [-0.3, -0.25) is 44.3 Å². The van der Waals surface area contributed by atoms with Crippen molar-refractivity contribution in [3.63, 3.8) is 0 Å². The number of fused-ring (bicyclic) bond motifs is 1. The predicted octanol–water partition coefficient (Wildman–Crippen LogP) is 13.2. The fourth-order valence-corrected chi connectivity index (χ4v) is 10.6. The van der Waals surface area contributed by atoms with Gasteiger partial charge in [-0.2, -0.15) is 0 Å². The van der Waals surface area contributed by atoms with Crippen LogP contribution in [-0.2, 0) is 6.42 Å². The molecule has 6 aromatic heterocycles. The number of aryl methyl sites for hydroxylation is 4. The van der Waals surface area contributed by atoms with Crippen molar-refractivity contribution in [3.8, 4) is 0 Å². The molecule has 3 atom stereocenters. The number of hydrogen-bond donors (Lipinski definition) is 3. The zero-order valence-corrected chi connectivity index (χ0v) is 56.5. The number of nitrogens with zero attached hydrogens (tertiary/aromatic N) is 9. The number of carbonyl (C=O) groups excluding carboxylic acids is 3. The molecule has 6 aromatic rings. The Balaban J connectivity index is 0.000000195. The molecule has 10 rings (SSSR count). The van der Waals surface area contributed by atoms with Crippen LogP contribution in [0.5, 0.6) is 0 Å². The van der Waals surface area contributed by atoms with E-state index in [0.717, 1.165) is 76.9 Å². The number of amides is 3. The monoisotopic (exact) mass is 1200 g/mol. The molecular formula is C73H105N9O6.